The molecule has 1 amide bonds. The molecule has 0 unspecified atom stereocenters. The van der Waals surface area contributed by atoms with E-state index in [9.17, 15) is 4.79 Å². The van der Waals surface area contributed by atoms with E-state index in [2.05, 4.69) is 20.6 Å². The van der Waals surface area contributed by atoms with E-state index in [1.807, 2.05) is 38.1 Å². The van der Waals surface area contributed by atoms with E-state index in [4.69, 9.17) is 0 Å². The van der Waals surface area contributed by atoms with E-state index in [1.165, 1.54) is 0 Å². The maximum absolute atomic E-state index is 11.9. The van der Waals surface area contributed by atoms with E-state index in [0.717, 1.165) is 17.1 Å². The lowest BCUT2D eigenvalue weighted by Crippen LogP contribution is -2.28. The van der Waals surface area contributed by atoms with Crippen molar-refractivity contribution < 1.29 is 4.79 Å². The predicted molar refractivity (Wildman–Crippen MR) is 78.8 cm³/mol. The standard InChI is InChI=1S/C15H18N4O/c1-11-3-5-13(6-4-11)15(20)18-8-7-17-14-10-16-9-12(2)19-14/h3-6,9-10H,7-8H2,1-2H3,(H,17,19)(H,18,20). The van der Waals surface area contributed by atoms with Crippen LogP contribution in [0, 0.1) is 13.8 Å². The number of anilines is 1. The van der Waals surface area contributed by atoms with E-state index < -0.39 is 0 Å². The van der Waals surface area contributed by atoms with E-state index in [0.29, 0.717) is 18.7 Å². The summed E-state index contributed by atoms with van der Waals surface area (Å²) in [7, 11) is 0. The third kappa shape index (κ3) is 4.05. The highest BCUT2D eigenvalue weighted by molar-refractivity contribution is 5.94. The third-order valence-electron chi connectivity index (χ3n) is 2.79. The molecule has 0 saturated carbocycles. The van der Waals surface area contributed by atoms with Gasteiger partial charge in [0, 0.05) is 24.8 Å². The van der Waals surface area contributed by atoms with Crippen molar-refractivity contribution in [2.45, 2.75) is 13.8 Å². The minimum absolute atomic E-state index is 0.0675. The number of aryl methyl sites for hydroxylation is 2. The molecule has 1 aromatic carbocycles. The molecule has 0 atom stereocenters. The maximum atomic E-state index is 11.9. The molecule has 5 nitrogen and oxygen atoms in total. The van der Waals surface area contributed by atoms with Gasteiger partial charge in [-0.15, -0.1) is 0 Å². The van der Waals surface area contributed by atoms with Gasteiger partial charge in [-0.3, -0.25) is 9.78 Å². The van der Waals surface area contributed by atoms with Crippen molar-refractivity contribution in [1.29, 1.82) is 0 Å². The molecule has 0 saturated heterocycles. The van der Waals surface area contributed by atoms with Crippen LogP contribution in [0.5, 0.6) is 0 Å². The zero-order valence-corrected chi connectivity index (χ0v) is 11.7. The highest BCUT2D eigenvalue weighted by atomic mass is 16.1. The van der Waals surface area contributed by atoms with Gasteiger partial charge in [-0.05, 0) is 26.0 Å². The molecule has 2 aromatic rings. The van der Waals surface area contributed by atoms with Gasteiger partial charge >= 0.3 is 0 Å². The second-order valence-electron chi connectivity index (χ2n) is 4.59. The average Bonchev–Trinajstić information content (AvgIpc) is 2.44. The smallest absolute Gasteiger partial charge is 0.251 e. The Bertz CT molecular complexity index is 581. The van der Waals surface area contributed by atoms with Crippen LogP contribution in [0.2, 0.25) is 0 Å². The lowest BCUT2D eigenvalue weighted by atomic mass is 10.1. The highest BCUT2D eigenvalue weighted by Crippen LogP contribution is 2.03. The van der Waals surface area contributed by atoms with Crippen LogP contribution in [0.25, 0.3) is 0 Å². The summed E-state index contributed by atoms with van der Waals surface area (Å²) in [6.45, 7) is 5.02. The van der Waals surface area contributed by atoms with Gasteiger partial charge in [-0.1, -0.05) is 17.7 Å². The Kier molecular flexibility index (Phi) is 4.65. The fourth-order valence-electron chi connectivity index (χ4n) is 1.72. The fraction of sp³-hybridized carbons (Fsp3) is 0.267. The molecule has 0 spiro atoms. The average molecular weight is 270 g/mol. The van der Waals surface area contributed by atoms with Crippen LogP contribution < -0.4 is 10.6 Å². The van der Waals surface area contributed by atoms with Crippen LogP contribution in [0.3, 0.4) is 0 Å². The van der Waals surface area contributed by atoms with Gasteiger partial charge in [-0.2, -0.15) is 0 Å². The van der Waals surface area contributed by atoms with Crippen LogP contribution in [0.4, 0.5) is 5.82 Å². The molecule has 0 fully saturated rings. The van der Waals surface area contributed by atoms with Crippen molar-refractivity contribution in [1.82, 2.24) is 15.3 Å². The number of carbonyl (C=O) groups is 1. The molecule has 1 aromatic heterocycles. The summed E-state index contributed by atoms with van der Waals surface area (Å²) in [5.41, 5.74) is 2.67. The van der Waals surface area contributed by atoms with Crippen LogP contribution in [-0.2, 0) is 0 Å². The molecule has 0 aliphatic rings. The van der Waals surface area contributed by atoms with Gasteiger partial charge in [0.1, 0.15) is 5.82 Å². The lowest BCUT2D eigenvalue weighted by Gasteiger charge is -2.07. The monoisotopic (exact) mass is 270 g/mol. The molecule has 0 bridgehead atoms. The molecule has 0 radical (unpaired) electrons. The molecule has 20 heavy (non-hydrogen) atoms. The highest BCUT2D eigenvalue weighted by Gasteiger charge is 2.03. The normalized spacial score (nSPS) is 10.1. The zero-order valence-electron chi connectivity index (χ0n) is 11.7. The van der Waals surface area contributed by atoms with Crippen LogP contribution in [0.1, 0.15) is 21.6 Å². The molecule has 0 aliphatic carbocycles. The summed E-state index contributed by atoms with van der Waals surface area (Å²) in [5.74, 6) is 0.650. The lowest BCUT2D eigenvalue weighted by molar-refractivity contribution is 0.0955. The van der Waals surface area contributed by atoms with Crippen LogP contribution in [0.15, 0.2) is 36.7 Å². The Morgan fingerprint density at radius 2 is 1.85 bits per heavy atom. The Morgan fingerprint density at radius 1 is 1.10 bits per heavy atom. The Morgan fingerprint density at radius 3 is 2.55 bits per heavy atom. The summed E-state index contributed by atoms with van der Waals surface area (Å²) in [6, 6.07) is 7.50. The molecular weight excluding hydrogens is 252 g/mol. The maximum Gasteiger partial charge on any atom is 0.251 e. The van der Waals surface area contributed by atoms with Gasteiger partial charge in [-0.25, -0.2) is 4.98 Å². The Labute approximate surface area is 118 Å². The topological polar surface area (TPSA) is 66.9 Å². The number of carbonyl (C=O) groups excluding carboxylic acids is 1. The van der Waals surface area contributed by atoms with Gasteiger partial charge in [0.15, 0.2) is 0 Å². The Hall–Kier alpha value is -2.43. The molecule has 5 heteroatoms. The second-order valence-corrected chi connectivity index (χ2v) is 4.59. The summed E-state index contributed by atoms with van der Waals surface area (Å²) in [4.78, 5) is 20.2. The molecule has 2 N–H and O–H groups in total. The number of benzene rings is 1. The number of hydrogen-bond acceptors (Lipinski definition) is 4. The van der Waals surface area contributed by atoms with Gasteiger partial charge < -0.3 is 10.6 Å². The first-order valence-corrected chi connectivity index (χ1v) is 6.52. The van der Waals surface area contributed by atoms with Crippen molar-refractivity contribution in [3.8, 4) is 0 Å². The first-order chi connectivity index (χ1) is 9.65. The zero-order chi connectivity index (χ0) is 14.4. The second kappa shape index (κ2) is 6.65. The number of hydrogen-bond donors (Lipinski definition) is 2. The summed E-state index contributed by atoms with van der Waals surface area (Å²) >= 11 is 0. The van der Waals surface area contributed by atoms with E-state index in [-0.39, 0.29) is 5.91 Å². The van der Waals surface area contributed by atoms with E-state index >= 15 is 0 Å². The third-order valence-corrected chi connectivity index (χ3v) is 2.79. The fourth-order valence-corrected chi connectivity index (χ4v) is 1.72. The number of amides is 1. The van der Waals surface area contributed by atoms with Crippen molar-refractivity contribution in [2.24, 2.45) is 0 Å². The summed E-state index contributed by atoms with van der Waals surface area (Å²) < 4.78 is 0. The van der Waals surface area contributed by atoms with Crippen molar-refractivity contribution in [3.63, 3.8) is 0 Å². The van der Waals surface area contributed by atoms with Gasteiger partial charge in [0.2, 0.25) is 0 Å². The number of aromatic nitrogens is 2. The molecule has 0 aliphatic heterocycles. The van der Waals surface area contributed by atoms with Crippen molar-refractivity contribution in [3.05, 3.63) is 53.5 Å². The first-order valence-electron chi connectivity index (χ1n) is 6.52. The van der Waals surface area contributed by atoms with E-state index in [1.54, 1.807) is 12.4 Å². The van der Waals surface area contributed by atoms with Crippen LogP contribution in [-0.4, -0.2) is 29.0 Å². The summed E-state index contributed by atoms with van der Waals surface area (Å²) in [6.07, 6.45) is 3.36. The summed E-state index contributed by atoms with van der Waals surface area (Å²) in [5, 5.41) is 5.97. The first kappa shape index (κ1) is 14.0. The number of nitrogens with one attached hydrogen (secondary N) is 2. The van der Waals surface area contributed by atoms with Crippen LogP contribution >= 0.6 is 0 Å². The minimum atomic E-state index is -0.0675. The molecule has 1 heterocycles. The quantitative estimate of drug-likeness (QED) is 0.815. The Balaban J connectivity index is 1.76. The van der Waals surface area contributed by atoms with Gasteiger partial charge in [0.05, 0.1) is 11.9 Å². The SMILES string of the molecule is Cc1ccc(C(=O)NCCNc2cncc(C)n2)cc1. The molecule has 2 rings (SSSR count). The number of rotatable bonds is 5. The van der Waals surface area contributed by atoms with Crippen molar-refractivity contribution >= 4 is 11.7 Å². The number of nitrogens with zero attached hydrogens (tertiary/aromatic N) is 2. The molecule has 104 valence electrons. The van der Waals surface area contributed by atoms with Gasteiger partial charge in [0.25, 0.3) is 5.91 Å². The predicted octanol–water partition coefficient (Wildman–Crippen LogP) is 1.94. The van der Waals surface area contributed by atoms with Crippen molar-refractivity contribution in [2.75, 3.05) is 18.4 Å². The minimum Gasteiger partial charge on any atom is -0.367 e. The largest absolute Gasteiger partial charge is 0.367 e. The molecular formula is C15H18N4O.